The van der Waals surface area contributed by atoms with Crippen LogP contribution in [0.4, 0.5) is 0 Å². The van der Waals surface area contributed by atoms with Crippen molar-refractivity contribution in [2.45, 2.75) is 421 Å². The van der Waals surface area contributed by atoms with Crippen molar-refractivity contribution in [2.24, 2.45) is 0 Å². The molecule has 38 atom stereocenters. The third-order valence-electron chi connectivity index (χ3n) is 23.4. The molecule has 6 heterocycles. The van der Waals surface area contributed by atoms with Crippen molar-refractivity contribution in [2.75, 3.05) is 52.9 Å². The van der Waals surface area contributed by atoms with Crippen LogP contribution in [0.1, 0.15) is 194 Å². The van der Waals surface area contributed by atoms with Crippen LogP contribution in [0.15, 0.2) is 24.3 Å². The van der Waals surface area contributed by atoms with Gasteiger partial charge in [0, 0.05) is 12.8 Å². The van der Waals surface area contributed by atoms with Gasteiger partial charge in [-0.1, -0.05) is 160 Å². The van der Waals surface area contributed by atoms with E-state index in [-0.39, 0.29) is 12.8 Å². The van der Waals surface area contributed by atoms with Crippen LogP contribution in [0, 0.1) is 0 Å². The van der Waals surface area contributed by atoms with Crippen molar-refractivity contribution >= 4 is 19.8 Å². The summed E-state index contributed by atoms with van der Waals surface area (Å²) in [4.78, 5) is 38.5. The Morgan fingerprint density at radius 3 is 0.960 bits per heavy atom. The van der Waals surface area contributed by atoms with E-state index < -0.39 is 300 Å². The molecule has 730 valence electrons. The van der Waals surface area contributed by atoms with E-state index in [9.17, 15) is 136 Å². The molecule has 125 heavy (non-hydrogen) atoms. The van der Waals surface area contributed by atoms with Gasteiger partial charge in [0.25, 0.3) is 0 Å². The topological polar surface area (TPSA) is 684 Å². The van der Waals surface area contributed by atoms with Crippen LogP contribution in [-0.4, -0.2) is 414 Å². The molecule has 0 radical (unpaired) electrons. The molecule has 16 unspecified atom stereocenters. The molecule has 0 aromatic heterocycles. The lowest BCUT2D eigenvalue weighted by Crippen LogP contribution is -2.69. The van der Waals surface area contributed by atoms with E-state index in [2.05, 4.69) is 38.2 Å². The third-order valence-corrected chi connectivity index (χ3v) is 24.4. The number of carbonyl (C=O) groups excluding carboxylic acids is 2. The highest BCUT2D eigenvalue weighted by atomic mass is 31.2. The number of rotatable bonds is 56. The highest BCUT2D eigenvalue weighted by Gasteiger charge is 2.60. The van der Waals surface area contributed by atoms with Crippen LogP contribution < -0.4 is 0 Å². The quantitative estimate of drug-likeness (QED) is 0.0119. The van der Waals surface area contributed by atoms with Crippen LogP contribution in [-0.2, 0) is 89.5 Å². The summed E-state index contributed by atoms with van der Waals surface area (Å²) in [5.41, 5.74) is 0. The molecule has 0 amide bonds. The number of aliphatic hydroxyl groups excluding tert-OH is 23. The normalized spacial score (nSPS) is 39.3. The highest BCUT2D eigenvalue weighted by Crippen LogP contribution is 2.49. The van der Waals surface area contributed by atoms with Gasteiger partial charge in [-0.3, -0.25) is 18.6 Å². The zero-order valence-electron chi connectivity index (χ0n) is 71.1. The average molecular weight is 1840 g/mol. The Bertz CT molecular complexity index is 3060. The first-order valence-electron chi connectivity index (χ1n) is 44.2. The van der Waals surface area contributed by atoms with E-state index in [1.54, 1.807) is 0 Å². The van der Waals surface area contributed by atoms with E-state index in [0.717, 1.165) is 70.6 Å². The smallest absolute Gasteiger partial charge is 0.462 e. The summed E-state index contributed by atoms with van der Waals surface area (Å²) in [6.07, 6.45) is -42.6. The lowest BCUT2D eigenvalue weighted by atomic mass is 9.84. The minimum Gasteiger partial charge on any atom is -0.462 e. The number of carbonyl (C=O) groups is 2. The zero-order chi connectivity index (χ0) is 91.6. The molecule has 7 aliphatic rings. The Morgan fingerprint density at radius 2 is 0.600 bits per heavy atom. The van der Waals surface area contributed by atoms with Crippen LogP contribution in [0.5, 0.6) is 0 Å². The summed E-state index contributed by atoms with van der Waals surface area (Å²) in [5.74, 6) is -1.51. The van der Waals surface area contributed by atoms with Crippen molar-refractivity contribution < 1.29 is 212 Å². The van der Waals surface area contributed by atoms with E-state index in [1.165, 1.54) is 70.6 Å². The fraction of sp³-hybridized carbons (Fsp3) is 0.926. The minimum atomic E-state index is -5.89. The number of hydrogen-bond donors (Lipinski definition) is 24. The first kappa shape index (κ1) is 109. The molecule has 0 spiro atoms. The second kappa shape index (κ2) is 56.3. The summed E-state index contributed by atoms with van der Waals surface area (Å²) in [6, 6.07) is 0. The van der Waals surface area contributed by atoms with Crippen molar-refractivity contribution in [3.05, 3.63) is 24.3 Å². The van der Waals surface area contributed by atoms with E-state index in [4.69, 9.17) is 75.4 Å². The molecule has 1 saturated carbocycles. The number of hydrogen-bond acceptors (Lipinski definition) is 42. The second-order valence-corrected chi connectivity index (χ2v) is 34.7. The summed E-state index contributed by atoms with van der Waals surface area (Å²) in [7, 11) is -5.89. The Balaban J connectivity index is 1.000. The number of allylic oxidation sites excluding steroid dienone is 4. The molecule has 7 fully saturated rings. The Morgan fingerprint density at radius 1 is 0.320 bits per heavy atom. The van der Waals surface area contributed by atoms with Gasteiger partial charge in [-0.05, 0) is 44.9 Å². The number of phosphoric acid groups is 1. The maximum Gasteiger partial charge on any atom is 0.472 e. The van der Waals surface area contributed by atoms with Gasteiger partial charge in [0.15, 0.2) is 43.8 Å². The van der Waals surface area contributed by atoms with Crippen LogP contribution in [0.3, 0.4) is 0 Å². The molecule has 0 aromatic carbocycles. The summed E-state index contributed by atoms with van der Waals surface area (Å²) in [5, 5.41) is 251. The van der Waals surface area contributed by atoms with Crippen molar-refractivity contribution in [3.63, 3.8) is 0 Å². The van der Waals surface area contributed by atoms with Crippen molar-refractivity contribution in [1.29, 1.82) is 0 Å². The van der Waals surface area contributed by atoms with Gasteiger partial charge >= 0.3 is 19.8 Å². The molecule has 7 rings (SSSR count). The van der Waals surface area contributed by atoms with Gasteiger partial charge in [-0.2, -0.15) is 0 Å². The predicted molar refractivity (Wildman–Crippen MR) is 426 cm³/mol. The lowest BCUT2D eigenvalue weighted by Gasteiger charge is -2.49. The fourth-order valence-electron chi connectivity index (χ4n) is 15.5. The maximum atomic E-state index is 14.5. The lowest BCUT2D eigenvalue weighted by molar-refractivity contribution is -0.365. The molecule has 43 nitrogen and oxygen atoms in total. The highest BCUT2D eigenvalue weighted by molar-refractivity contribution is 7.47. The average Bonchev–Trinajstić information content (AvgIpc) is 0.755. The molecule has 44 heteroatoms. The molecule has 0 aromatic rings. The molecule has 0 bridgehead atoms. The molecule has 6 saturated heterocycles. The second-order valence-electron chi connectivity index (χ2n) is 33.3. The number of ether oxygens (including phenoxy) is 14. The minimum absolute atomic E-state index is 0.0484. The Kier molecular flexibility index (Phi) is 49.2. The van der Waals surface area contributed by atoms with Gasteiger partial charge in [-0.25, -0.2) is 4.57 Å². The summed E-state index contributed by atoms with van der Waals surface area (Å²) >= 11 is 0. The summed E-state index contributed by atoms with van der Waals surface area (Å²) < 4.78 is 104. The molecular formula is C81H143O43P. The SMILES string of the molecule is CCCCC/C=C\C/C=C\CCCCCCCC(=O)OC[C@H](COP(=O)(O)O[C@@H]1C(O[C@@H]2OC(CO[C@@H]3OC(CO[C@@H]4OC(CO[C@@H]5OC(CO[C@@H]6OC(CO)[C@H](O)C(O)[C@@H]6O)[C@H](O)C(O)[C@@H]5O)[C@H](O)C(O)[C@@H]4O)[C@H](O)C(O)[C@@H]3O)[C@H](O)C(O)[C@@H]2O)C(O)[C@@H](O)C(O)[C@H]1O[C@H]1OC(CO)[C@@H](O)C(O)[C@H]1O)OC(=O)CCCCCCCCCCCCCCCCC. The molecule has 6 aliphatic heterocycles. The van der Waals surface area contributed by atoms with E-state index >= 15 is 0 Å². The van der Waals surface area contributed by atoms with Gasteiger partial charge in [0.05, 0.1) is 46.2 Å². The molecule has 24 N–H and O–H groups in total. The van der Waals surface area contributed by atoms with E-state index in [0.29, 0.717) is 25.7 Å². The zero-order valence-corrected chi connectivity index (χ0v) is 72.0. The largest absolute Gasteiger partial charge is 0.472 e. The number of phosphoric ester groups is 1. The number of esters is 2. The van der Waals surface area contributed by atoms with Crippen molar-refractivity contribution in [3.8, 4) is 0 Å². The van der Waals surface area contributed by atoms with Gasteiger partial charge < -0.3 is 189 Å². The number of aliphatic hydroxyl groups is 23. The van der Waals surface area contributed by atoms with Crippen LogP contribution in [0.2, 0.25) is 0 Å². The monoisotopic (exact) mass is 1830 g/mol. The first-order chi connectivity index (χ1) is 59.7. The van der Waals surface area contributed by atoms with Crippen LogP contribution >= 0.6 is 7.82 Å². The Labute approximate surface area is 726 Å². The third kappa shape index (κ3) is 33.3. The van der Waals surface area contributed by atoms with Gasteiger partial charge in [0.2, 0.25) is 0 Å². The number of unbranched alkanes of at least 4 members (excludes halogenated alkanes) is 22. The van der Waals surface area contributed by atoms with E-state index in [1.807, 2.05) is 0 Å². The summed E-state index contributed by atoms with van der Waals surface area (Å²) in [6.45, 7) is -2.94. The van der Waals surface area contributed by atoms with Crippen molar-refractivity contribution in [1.82, 2.24) is 0 Å². The molecule has 1 aliphatic carbocycles. The first-order valence-corrected chi connectivity index (χ1v) is 45.7. The van der Waals surface area contributed by atoms with Gasteiger partial charge in [0.1, 0.15) is 190 Å². The Hall–Kier alpha value is -2.87. The fourth-order valence-corrected chi connectivity index (χ4v) is 16.5. The maximum absolute atomic E-state index is 14.5. The van der Waals surface area contributed by atoms with Crippen LogP contribution in [0.25, 0.3) is 0 Å². The molecular weight excluding hydrogens is 1690 g/mol. The van der Waals surface area contributed by atoms with Gasteiger partial charge in [-0.15, -0.1) is 0 Å². The standard InChI is InChI=1S/C81H143O43P/c1-3-5-7-9-11-13-15-17-19-21-23-25-27-29-31-33-50(84)109-37-43(115-51(85)34-32-30-28-26-24-22-20-18-16-14-12-10-8-6-4-2)38-114-125(107,108)124-75-73(122-80-71(105)59(93)53(87)45(36-83)117-80)65(99)64(98)66(100)74(75)123-81-72(106)63(97)57(91)49(121-81)42-113-79-70(104)62(96)56(90)48(120-79)41-112-78-69(103)61(95)55(89)47(119-78)40-111-77-68(102)60(94)54(88)46(118-77)39-110-76-67(101)58(92)52(86)44(35-82)116-76/h11,13,17,19,43-49,52-83,86-106H,3-10,12,14-16,18,20-42H2,1-2H3,(H,107,108)/b13-11-,19-17-/t43-,44?,45?,46?,47?,48?,49?,52+,53-,54+,55+,56+,57+,58?,59?,60?,61?,62?,63?,64+,65?,66?,67+,68+,69+,70+,71-,72+,73-,74?,75+,76-,77-,78-,79-,80-,81+/m1/s1. The predicted octanol–water partition coefficient (Wildman–Crippen LogP) is -4.22.